The summed E-state index contributed by atoms with van der Waals surface area (Å²) in [6.07, 6.45) is 14.3. The highest BCUT2D eigenvalue weighted by Crippen LogP contribution is 2.46. The molecule has 0 unspecified atom stereocenters. The number of nitrogens with zero attached hydrogens (tertiary/aromatic N) is 2. The van der Waals surface area contributed by atoms with Crippen molar-refractivity contribution in [3.8, 4) is 0 Å². The Hall–Kier alpha value is -1.85. The molecule has 2 heterocycles. The Morgan fingerprint density at radius 3 is 1.84 bits per heavy atom. The standard InChI is InChI=1S/C26H45N3O3/c1-7-9-10-11-12-13-14-15-16-17-18-28-22(31)26(27-23(28)32)19-24(3,4)29(21(30)8-2)25(5,6)20-26/h8H,2,7,9-20H2,1,3-6H3,(H,27,32). The first kappa shape index (κ1) is 26.4. The third-order valence-corrected chi connectivity index (χ3v) is 7.06. The molecule has 0 aromatic rings. The molecule has 2 fully saturated rings. The van der Waals surface area contributed by atoms with E-state index in [1.807, 2.05) is 32.6 Å². The van der Waals surface area contributed by atoms with Crippen molar-refractivity contribution in [1.29, 1.82) is 0 Å². The largest absolute Gasteiger partial charge is 0.329 e. The van der Waals surface area contributed by atoms with Gasteiger partial charge >= 0.3 is 6.03 Å². The molecule has 0 saturated carbocycles. The van der Waals surface area contributed by atoms with Crippen LogP contribution in [0.25, 0.3) is 0 Å². The van der Waals surface area contributed by atoms with Gasteiger partial charge in [-0.3, -0.25) is 14.5 Å². The summed E-state index contributed by atoms with van der Waals surface area (Å²) in [5.41, 5.74) is -2.10. The number of amides is 4. The van der Waals surface area contributed by atoms with Gasteiger partial charge < -0.3 is 10.2 Å². The molecular formula is C26H45N3O3. The molecule has 1 spiro atoms. The van der Waals surface area contributed by atoms with E-state index in [1.165, 1.54) is 55.9 Å². The van der Waals surface area contributed by atoms with E-state index in [1.54, 1.807) is 0 Å². The molecule has 0 aromatic heterocycles. The van der Waals surface area contributed by atoms with Gasteiger partial charge in [0.25, 0.3) is 5.91 Å². The van der Waals surface area contributed by atoms with E-state index in [2.05, 4.69) is 18.8 Å². The second kappa shape index (κ2) is 10.8. The monoisotopic (exact) mass is 447 g/mol. The number of nitrogens with one attached hydrogen (secondary N) is 1. The lowest BCUT2D eigenvalue weighted by molar-refractivity contribution is -0.154. The van der Waals surface area contributed by atoms with E-state index in [-0.39, 0.29) is 17.8 Å². The molecule has 6 nitrogen and oxygen atoms in total. The van der Waals surface area contributed by atoms with Crippen molar-refractivity contribution in [2.75, 3.05) is 6.54 Å². The highest BCUT2D eigenvalue weighted by atomic mass is 16.2. The van der Waals surface area contributed by atoms with Gasteiger partial charge in [-0.15, -0.1) is 0 Å². The summed E-state index contributed by atoms with van der Waals surface area (Å²) in [6.45, 7) is 14.2. The molecule has 1 N–H and O–H groups in total. The Kier molecular flexibility index (Phi) is 8.95. The Morgan fingerprint density at radius 1 is 0.906 bits per heavy atom. The highest BCUT2D eigenvalue weighted by molar-refractivity contribution is 6.07. The summed E-state index contributed by atoms with van der Waals surface area (Å²) in [6, 6.07) is -0.291. The second-order valence-corrected chi connectivity index (χ2v) is 11.0. The van der Waals surface area contributed by atoms with E-state index in [9.17, 15) is 14.4 Å². The van der Waals surface area contributed by atoms with Gasteiger partial charge in [-0.05, 0) is 40.2 Å². The molecule has 0 radical (unpaired) electrons. The molecule has 0 aromatic carbocycles. The zero-order chi connectivity index (χ0) is 24.0. The van der Waals surface area contributed by atoms with Crippen LogP contribution >= 0.6 is 0 Å². The molecule has 182 valence electrons. The van der Waals surface area contributed by atoms with Gasteiger partial charge in [0.15, 0.2) is 0 Å². The van der Waals surface area contributed by atoms with Crippen molar-refractivity contribution in [3.63, 3.8) is 0 Å². The smallest absolute Gasteiger partial charge is 0.325 e. The molecule has 2 saturated heterocycles. The Morgan fingerprint density at radius 2 is 1.38 bits per heavy atom. The minimum atomic E-state index is -0.944. The van der Waals surface area contributed by atoms with Crippen LogP contribution in [0.5, 0.6) is 0 Å². The van der Waals surface area contributed by atoms with Crippen LogP contribution in [0.3, 0.4) is 0 Å². The van der Waals surface area contributed by atoms with Gasteiger partial charge in [0, 0.05) is 30.5 Å². The number of hydrogen-bond acceptors (Lipinski definition) is 3. The highest BCUT2D eigenvalue weighted by Gasteiger charge is 2.61. The van der Waals surface area contributed by atoms with Crippen LogP contribution in [-0.4, -0.2) is 50.8 Å². The summed E-state index contributed by atoms with van der Waals surface area (Å²) >= 11 is 0. The number of rotatable bonds is 12. The third kappa shape index (κ3) is 5.93. The van der Waals surface area contributed by atoms with Crippen molar-refractivity contribution < 1.29 is 14.4 Å². The van der Waals surface area contributed by atoms with Crippen LogP contribution < -0.4 is 5.32 Å². The van der Waals surface area contributed by atoms with Crippen LogP contribution in [0, 0.1) is 0 Å². The van der Waals surface area contributed by atoms with Crippen molar-refractivity contribution >= 4 is 17.8 Å². The van der Waals surface area contributed by atoms with Crippen LogP contribution in [0.15, 0.2) is 12.7 Å². The minimum absolute atomic E-state index is 0.134. The molecule has 0 atom stereocenters. The zero-order valence-corrected chi connectivity index (χ0v) is 21.1. The lowest BCUT2D eigenvalue weighted by Crippen LogP contribution is -2.70. The normalized spacial score (nSPS) is 21.2. The Bertz CT molecular complexity index is 680. The van der Waals surface area contributed by atoms with Crippen LogP contribution in [0.1, 0.15) is 112 Å². The van der Waals surface area contributed by atoms with Crippen LogP contribution in [0.4, 0.5) is 4.79 Å². The minimum Gasteiger partial charge on any atom is -0.329 e. The van der Waals surface area contributed by atoms with Gasteiger partial charge in [0.2, 0.25) is 5.91 Å². The number of urea groups is 1. The Labute approximate surface area is 195 Å². The number of carbonyl (C=O) groups is 3. The maximum Gasteiger partial charge on any atom is 0.325 e. The van der Waals surface area contributed by atoms with E-state index < -0.39 is 16.6 Å². The van der Waals surface area contributed by atoms with Gasteiger partial charge in [-0.1, -0.05) is 71.3 Å². The maximum atomic E-state index is 13.4. The molecule has 32 heavy (non-hydrogen) atoms. The van der Waals surface area contributed by atoms with Crippen molar-refractivity contribution in [2.24, 2.45) is 0 Å². The maximum absolute atomic E-state index is 13.4. The summed E-state index contributed by atoms with van der Waals surface area (Å²) < 4.78 is 0. The fourth-order valence-corrected chi connectivity index (χ4v) is 6.08. The predicted octanol–water partition coefficient (Wildman–Crippen LogP) is 5.56. The number of hydrogen-bond donors (Lipinski definition) is 1. The summed E-state index contributed by atoms with van der Waals surface area (Å²) in [4.78, 5) is 41.9. The molecule has 6 heteroatoms. The molecule has 2 aliphatic heterocycles. The topological polar surface area (TPSA) is 69.7 Å². The first-order chi connectivity index (χ1) is 15.0. The first-order valence-corrected chi connectivity index (χ1v) is 12.6. The average Bonchev–Trinajstić information content (AvgIpc) is 2.90. The lowest BCUT2D eigenvalue weighted by Gasteiger charge is -2.57. The van der Waals surface area contributed by atoms with Crippen LogP contribution in [-0.2, 0) is 9.59 Å². The fraction of sp³-hybridized carbons (Fsp3) is 0.808. The molecule has 4 amide bonds. The molecule has 2 aliphatic rings. The van der Waals surface area contributed by atoms with Gasteiger partial charge in [0.1, 0.15) is 5.54 Å². The van der Waals surface area contributed by atoms with Gasteiger partial charge in [0.05, 0.1) is 0 Å². The first-order valence-electron chi connectivity index (χ1n) is 12.6. The molecule has 0 bridgehead atoms. The zero-order valence-electron chi connectivity index (χ0n) is 21.1. The second-order valence-electron chi connectivity index (χ2n) is 11.0. The number of unbranched alkanes of at least 4 members (excludes halogenated alkanes) is 9. The lowest BCUT2D eigenvalue weighted by atomic mass is 9.68. The quantitative estimate of drug-likeness (QED) is 0.242. The number of carbonyl (C=O) groups excluding carboxylic acids is 3. The van der Waals surface area contributed by atoms with Gasteiger partial charge in [-0.2, -0.15) is 0 Å². The third-order valence-electron chi connectivity index (χ3n) is 7.06. The van der Waals surface area contributed by atoms with E-state index in [4.69, 9.17) is 0 Å². The Balaban J connectivity index is 1.88. The van der Waals surface area contributed by atoms with Crippen molar-refractivity contribution in [3.05, 3.63) is 12.7 Å². The summed E-state index contributed by atoms with van der Waals surface area (Å²) in [5.74, 6) is -0.279. The van der Waals surface area contributed by atoms with E-state index in [0.29, 0.717) is 19.4 Å². The fourth-order valence-electron chi connectivity index (χ4n) is 6.08. The van der Waals surface area contributed by atoms with E-state index in [0.717, 1.165) is 19.3 Å². The molecular weight excluding hydrogens is 402 g/mol. The van der Waals surface area contributed by atoms with Gasteiger partial charge in [-0.25, -0.2) is 4.79 Å². The SMILES string of the molecule is C=CC(=O)N1C(C)(C)CC2(CC1(C)C)NC(=O)N(CCCCCCCCCCCC)C2=O. The molecule has 0 aliphatic carbocycles. The van der Waals surface area contributed by atoms with Crippen LogP contribution in [0.2, 0.25) is 0 Å². The number of likely N-dealkylation sites (tertiary alicyclic amines) is 1. The summed E-state index contributed by atoms with van der Waals surface area (Å²) in [7, 11) is 0. The van der Waals surface area contributed by atoms with Crippen molar-refractivity contribution in [1.82, 2.24) is 15.1 Å². The van der Waals surface area contributed by atoms with E-state index >= 15 is 0 Å². The van der Waals surface area contributed by atoms with Crippen molar-refractivity contribution in [2.45, 2.75) is 128 Å². The molecule has 2 rings (SSSR count). The number of piperidine rings is 1. The summed E-state index contributed by atoms with van der Waals surface area (Å²) in [5, 5.41) is 3.02. The number of imide groups is 1. The predicted molar refractivity (Wildman–Crippen MR) is 129 cm³/mol. The average molecular weight is 448 g/mol.